The molecule has 0 spiro atoms. The average molecular weight is 243 g/mol. The Balaban J connectivity index is 2.29. The summed E-state index contributed by atoms with van der Waals surface area (Å²) in [5.74, 6) is 0.642. The van der Waals surface area contributed by atoms with Crippen molar-refractivity contribution in [1.29, 1.82) is 0 Å². The second-order valence-electron chi connectivity index (χ2n) is 6.63. The molecule has 1 aliphatic carbocycles. The Labute approximate surface area is 108 Å². The maximum absolute atomic E-state index is 6.16. The first-order valence-corrected chi connectivity index (χ1v) is 6.51. The minimum Gasteiger partial charge on any atom is -0.369 e. The van der Waals surface area contributed by atoms with Crippen LogP contribution in [-0.2, 0) is 0 Å². The number of nitrogen functional groups attached to an aromatic ring is 1. The van der Waals surface area contributed by atoms with Crippen molar-refractivity contribution in [1.82, 2.24) is 9.55 Å². The molecule has 0 amide bonds. The van der Waals surface area contributed by atoms with E-state index in [1.807, 2.05) is 12.1 Å². The van der Waals surface area contributed by atoms with Gasteiger partial charge in [-0.1, -0.05) is 39.8 Å². The van der Waals surface area contributed by atoms with Crippen molar-refractivity contribution in [3.05, 3.63) is 23.8 Å². The SMILES string of the molecule is Cc1cccc2nc(N)n(C3C(C)(C)C3(C)C)c12. The van der Waals surface area contributed by atoms with Gasteiger partial charge in [0.05, 0.1) is 11.0 Å². The van der Waals surface area contributed by atoms with Gasteiger partial charge in [-0.3, -0.25) is 0 Å². The molecular formula is C15H21N3. The third kappa shape index (κ3) is 1.17. The Bertz CT molecular complexity index is 620. The highest BCUT2D eigenvalue weighted by Crippen LogP contribution is 2.72. The van der Waals surface area contributed by atoms with Gasteiger partial charge < -0.3 is 10.3 Å². The van der Waals surface area contributed by atoms with Gasteiger partial charge in [-0.2, -0.15) is 0 Å². The Kier molecular flexibility index (Phi) is 1.98. The van der Waals surface area contributed by atoms with E-state index in [2.05, 4.69) is 50.2 Å². The van der Waals surface area contributed by atoms with Crippen LogP contribution in [0.25, 0.3) is 11.0 Å². The van der Waals surface area contributed by atoms with Crippen LogP contribution in [0.4, 0.5) is 5.95 Å². The lowest BCUT2D eigenvalue weighted by Crippen LogP contribution is -2.06. The summed E-state index contributed by atoms with van der Waals surface area (Å²) in [5.41, 5.74) is 10.1. The van der Waals surface area contributed by atoms with Gasteiger partial charge in [0.1, 0.15) is 0 Å². The topological polar surface area (TPSA) is 43.8 Å². The summed E-state index contributed by atoms with van der Waals surface area (Å²) in [4.78, 5) is 4.51. The predicted octanol–water partition coefficient (Wildman–Crippen LogP) is 3.53. The van der Waals surface area contributed by atoms with Crippen molar-refractivity contribution in [2.24, 2.45) is 10.8 Å². The molecule has 18 heavy (non-hydrogen) atoms. The normalized spacial score (nSPS) is 21.4. The second-order valence-corrected chi connectivity index (χ2v) is 6.63. The number of anilines is 1. The first-order chi connectivity index (χ1) is 8.28. The summed E-state index contributed by atoms with van der Waals surface area (Å²) in [6, 6.07) is 6.63. The number of nitrogens with two attached hydrogens (primary N) is 1. The zero-order valence-corrected chi connectivity index (χ0v) is 11.8. The number of para-hydroxylation sites is 1. The molecule has 0 radical (unpaired) electrons. The summed E-state index contributed by atoms with van der Waals surface area (Å²) in [6.45, 7) is 11.4. The Morgan fingerprint density at radius 1 is 1.17 bits per heavy atom. The Hall–Kier alpha value is -1.51. The summed E-state index contributed by atoms with van der Waals surface area (Å²) in [5, 5.41) is 0. The number of benzene rings is 1. The Morgan fingerprint density at radius 2 is 1.78 bits per heavy atom. The molecule has 0 aliphatic heterocycles. The van der Waals surface area contributed by atoms with E-state index in [0.717, 1.165) is 5.52 Å². The van der Waals surface area contributed by atoms with Crippen LogP contribution in [0.5, 0.6) is 0 Å². The molecule has 1 saturated carbocycles. The van der Waals surface area contributed by atoms with Gasteiger partial charge in [0.15, 0.2) is 0 Å². The number of imidazole rings is 1. The van der Waals surface area contributed by atoms with Gasteiger partial charge >= 0.3 is 0 Å². The van der Waals surface area contributed by atoms with Crippen LogP contribution in [0.2, 0.25) is 0 Å². The molecule has 0 bridgehead atoms. The van der Waals surface area contributed by atoms with E-state index in [0.29, 0.717) is 12.0 Å². The van der Waals surface area contributed by atoms with Crippen molar-refractivity contribution in [3.8, 4) is 0 Å². The minimum absolute atomic E-state index is 0.261. The van der Waals surface area contributed by atoms with Gasteiger partial charge in [0, 0.05) is 6.04 Å². The van der Waals surface area contributed by atoms with Crippen molar-refractivity contribution in [2.75, 3.05) is 5.73 Å². The van der Waals surface area contributed by atoms with E-state index < -0.39 is 0 Å². The maximum Gasteiger partial charge on any atom is 0.201 e. The summed E-state index contributed by atoms with van der Waals surface area (Å²) in [7, 11) is 0. The van der Waals surface area contributed by atoms with Gasteiger partial charge in [-0.05, 0) is 29.4 Å². The number of aryl methyl sites for hydroxylation is 1. The van der Waals surface area contributed by atoms with Crippen molar-refractivity contribution in [3.63, 3.8) is 0 Å². The first-order valence-electron chi connectivity index (χ1n) is 6.51. The lowest BCUT2D eigenvalue weighted by Gasteiger charge is -2.10. The fourth-order valence-electron chi connectivity index (χ4n) is 3.41. The molecule has 1 heterocycles. The molecule has 1 aromatic heterocycles. The van der Waals surface area contributed by atoms with Crippen molar-refractivity contribution < 1.29 is 0 Å². The molecule has 2 aromatic rings. The predicted molar refractivity (Wildman–Crippen MR) is 75.5 cm³/mol. The number of fused-ring (bicyclic) bond motifs is 1. The summed E-state index contributed by atoms with van der Waals surface area (Å²) in [6.07, 6.45) is 0. The van der Waals surface area contributed by atoms with Crippen LogP contribution in [0, 0.1) is 17.8 Å². The van der Waals surface area contributed by atoms with E-state index in [1.165, 1.54) is 11.1 Å². The van der Waals surface area contributed by atoms with E-state index in [-0.39, 0.29) is 10.8 Å². The third-order valence-corrected chi connectivity index (χ3v) is 5.14. The molecule has 1 aliphatic rings. The molecule has 96 valence electrons. The van der Waals surface area contributed by atoms with Gasteiger partial charge in [0.2, 0.25) is 5.95 Å². The van der Waals surface area contributed by atoms with Crippen LogP contribution in [0.1, 0.15) is 39.3 Å². The lowest BCUT2D eigenvalue weighted by molar-refractivity contribution is 0.457. The highest BCUT2D eigenvalue weighted by Gasteiger charge is 2.66. The van der Waals surface area contributed by atoms with Gasteiger partial charge in [-0.25, -0.2) is 4.98 Å². The molecule has 3 nitrogen and oxygen atoms in total. The molecule has 0 saturated heterocycles. The van der Waals surface area contributed by atoms with E-state index in [9.17, 15) is 0 Å². The molecule has 3 rings (SSSR count). The fourth-order valence-corrected chi connectivity index (χ4v) is 3.41. The molecule has 3 heteroatoms. The summed E-state index contributed by atoms with van der Waals surface area (Å²) >= 11 is 0. The largest absolute Gasteiger partial charge is 0.369 e. The van der Waals surface area contributed by atoms with Crippen LogP contribution in [-0.4, -0.2) is 9.55 Å². The molecule has 2 N–H and O–H groups in total. The summed E-state index contributed by atoms with van der Waals surface area (Å²) < 4.78 is 2.24. The van der Waals surface area contributed by atoms with E-state index >= 15 is 0 Å². The van der Waals surface area contributed by atoms with Gasteiger partial charge in [0.25, 0.3) is 0 Å². The fraction of sp³-hybridized carbons (Fsp3) is 0.533. The quantitative estimate of drug-likeness (QED) is 0.832. The van der Waals surface area contributed by atoms with E-state index in [4.69, 9.17) is 5.73 Å². The van der Waals surface area contributed by atoms with Crippen LogP contribution in [0.3, 0.4) is 0 Å². The third-order valence-electron chi connectivity index (χ3n) is 5.14. The van der Waals surface area contributed by atoms with Crippen LogP contribution >= 0.6 is 0 Å². The molecule has 0 atom stereocenters. The van der Waals surface area contributed by atoms with Crippen LogP contribution < -0.4 is 5.73 Å². The average Bonchev–Trinajstić information content (AvgIpc) is 2.54. The minimum atomic E-state index is 0.261. The standard InChI is InChI=1S/C15H21N3/c1-9-7-6-8-10-11(9)18(13(16)17-10)12-14(2,3)15(12,4)5/h6-8,12H,1-5H3,(H2,16,17). The number of aromatic nitrogens is 2. The highest BCUT2D eigenvalue weighted by atomic mass is 15.2. The number of nitrogens with zero attached hydrogens (tertiary/aromatic N) is 2. The first kappa shape index (κ1) is 11.6. The molecule has 1 fully saturated rings. The second kappa shape index (κ2) is 3.08. The van der Waals surface area contributed by atoms with E-state index in [1.54, 1.807) is 0 Å². The molecule has 0 unspecified atom stereocenters. The highest BCUT2D eigenvalue weighted by molar-refractivity contribution is 5.82. The smallest absolute Gasteiger partial charge is 0.201 e. The number of hydrogen-bond acceptors (Lipinski definition) is 2. The zero-order valence-electron chi connectivity index (χ0n) is 11.8. The van der Waals surface area contributed by atoms with Crippen LogP contribution in [0.15, 0.2) is 18.2 Å². The molecular weight excluding hydrogens is 222 g/mol. The van der Waals surface area contributed by atoms with Crippen molar-refractivity contribution in [2.45, 2.75) is 40.7 Å². The van der Waals surface area contributed by atoms with Gasteiger partial charge in [-0.15, -0.1) is 0 Å². The maximum atomic E-state index is 6.16. The lowest BCUT2D eigenvalue weighted by atomic mass is 10.0. The zero-order chi connectivity index (χ0) is 13.3. The van der Waals surface area contributed by atoms with Crippen molar-refractivity contribution >= 4 is 17.0 Å². The molecule has 1 aromatic carbocycles. The number of rotatable bonds is 1. The number of hydrogen-bond donors (Lipinski definition) is 1. The monoisotopic (exact) mass is 243 g/mol. The Morgan fingerprint density at radius 3 is 2.33 bits per heavy atom.